The lowest BCUT2D eigenvalue weighted by atomic mass is 9.99. The van der Waals surface area contributed by atoms with Crippen LogP contribution in [0.3, 0.4) is 0 Å². The van der Waals surface area contributed by atoms with Crippen molar-refractivity contribution in [1.29, 1.82) is 0 Å². The fraction of sp³-hybridized carbons (Fsp3) is 0.600. The average Bonchev–Trinajstić information content (AvgIpc) is 2.71. The van der Waals surface area contributed by atoms with Crippen LogP contribution in [-0.4, -0.2) is 34.0 Å². The Morgan fingerprint density at radius 3 is 2.68 bits per heavy atom. The van der Waals surface area contributed by atoms with E-state index in [0.717, 1.165) is 25.7 Å². The molecule has 2 fully saturated rings. The molecule has 2 atom stereocenters. The van der Waals surface area contributed by atoms with Gasteiger partial charge in [-0.2, -0.15) is 0 Å². The molecule has 19 heavy (non-hydrogen) atoms. The summed E-state index contributed by atoms with van der Waals surface area (Å²) in [5, 5.41) is 0. The van der Waals surface area contributed by atoms with Gasteiger partial charge >= 0.3 is 0 Å². The van der Waals surface area contributed by atoms with Gasteiger partial charge in [-0.3, -0.25) is 4.79 Å². The first-order valence-corrected chi connectivity index (χ1v) is 7.16. The quantitative estimate of drug-likeness (QED) is 0.838. The third-order valence-corrected chi connectivity index (χ3v) is 4.21. The molecule has 4 heteroatoms. The first-order valence-electron chi connectivity index (χ1n) is 7.16. The summed E-state index contributed by atoms with van der Waals surface area (Å²) in [4.78, 5) is 18.3. The van der Waals surface area contributed by atoms with Crippen molar-refractivity contribution in [2.24, 2.45) is 0 Å². The Morgan fingerprint density at radius 2 is 2.11 bits per heavy atom. The molecule has 1 amide bonds. The van der Waals surface area contributed by atoms with Crippen LogP contribution >= 0.6 is 0 Å². The summed E-state index contributed by atoms with van der Waals surface area (Å²) in [6, 6.07) is 6.47. The maximum absolute atomic E-state index is 12.0. The van der Waals surface area contributed by atoms with Crippen LogP contribution in [0, 0.1) is 0 Å². The molecule has 1 aromatic rings. The fourth-order valence-corrected chi connectivity index (χ4v) is 3.40. The van der Waals surface area contributed by atoms with Crippen LogP contribution in [0.2, 0.25) is 0 Å². The zero-order valence-electron chi connectivity index (χ0n) is 11.3. The van der Waals surface area contributed by atoms with E-state index in [9.17, 15) is 4.79 Å². The van der Waals surface area contributed by atoms with E-state index in [4.69, 9.17) is 4.74 Å². The van der Waals surface area contributed by atoms with Gasteiger partial charge in [0.05, 0.1) is 0 Å². The molecule has 2 unspecified atom stereocenters. The highest BCUT2D eigenvalue weighted by molar-refractivity contribution is 5.77. The monoisotopic (exact) mass is 260 g/mol. The molecule has 0 spiro atoms. The van der Waals surface area contributed by atoms with E-state index in [0.29, 0.717) is 30.3 Å². The lowest BCUT2D eigenvalue weighted by Crippen LogP contribution is -2.49. The van der Waals surface area contributed by atoms with Crippen molar-refractivity contribution in [3.05, 3.63) is 24.4 Å². The normalized spacial score (nSPS) is 29.3. The summed E-state index contributed by atoms with van der Waals surface area (Å²) >= 11 is 0. The fourth-order valence-electron chi connectivity index (χ4n) is 3.40. The lowest BCUT2D eigenvalue weighted by molar-refractivity contribution is -0.136. The van der Waals surface area contributed by atoms with Gasteiger partial charge in [-0.05, 0) is 18.9 Å². The minimum Gasteiger partial charge on any atom is -0.474 e. The molecule has 2 bridgehead atoms. The highest BCUT2D eigenvalue weighted by atomic mass is 16.5. The molecule has 2 saturated heterocycles. The number of ether oxygens (including phenoxy) is 1. The minimum absolute atomic E-state index is 0.202. The molecule has 0 radical (unpaired) electrons. The van der Waals surface area contributed by atoms with Crippen LogP contribution in [0.1, 0.15) is 39.0 Å². The first kappa shape index (κ1) is 12.5. The molecule has 0 aliphatic carbocycles. The number of nitrogens with zero attached hydrogens (tertiary/aromatic N) is 2. The van der Waals surface area contributed by atoms with E-state index < -0.39 is 0 Å². The topological polar surface area (TPSA) is 42.4 Å². The second kappa shape index (κ2) is 5.19. The summed E-state index contributed by atoms with van der Waals surface area (Å²) in [5.74, 6) is 0.992. The summed E-state index contributed by atoms with van der Waals surface area (Å²) in [7, 11) is 0. The summed E-state index contributed by atoms with van der Waals surface area (Å²) in [5.41, 5.74) is 0. The number of aromatic nitrogens is 1. The van der Waals surface area contributed by atoms with Crippen LogP contribution in [-0.2, 0) is 4.79 Å². The van der Waals surface area contributed by atoms with E-state index >= 15 is 0 Å². The number of rotatable bonds is 3. The second-order valence-corrected chi connectivity index (χ2v) is 5.42. The minimum atomic E-state index is 0.202. The zero-order valence-corrected chi connectivity index (χ0v) is 11.3. The molecular formula is C15H20N2O2. The smallest absolute Gasteiger partial charge is 0.222 e. The maximum Gasteiger partial charge on any atom is 0.222 e. The number of fused-ring (bicyclic) bond motifs is 2. The average molecular weight is 260 g/mol. The lowest BCUT2D eigenvalue weighted by Gasteiger charge is -2.38. The Kier molecular flexibility index (Phi) is 3.40. The van der Waals surface area contributed by atoms with Gasteiger partial charge in [0, 0.05) is 43.6 Å². The van der Waals surface area contributed by atoms with Crippen LogP contribution < -0.4 is 4.74 Å². The Hall–Kier alpha value is -1.58. The van der Waals surface area contributed by atoms with E-state index in [1.807, 2.05) is 25.1 Å². The molecular weight excluding hydrogens is 240 g/mol. The zero-order chi connectivity index (χ0) is 13.2. The largest absolute Gasteiger partial charge is 0.474 e. The highest BCUT2D eigenvalue weighted by Gasteiger charge is 2.43. The van der Waals surface area contributed by atoms with Crippen molar-refractivity contribution >= 4 is 5.91 Å². The Balaban J connectivity index is 1.66. The van der Waals surface area contributed by atoms with Crippen LogP contribution in [0.25, 0.3) is 0 Å². The third kappa shape index (κ3) is 2.44. The van der Waals surface area contributed by atoms with Gasteiger partial charge in [0.25, 0.3) is 0 Å². The molecule has 0 aromatic carbocycles. The van der Waals surface area contributed by atoms with Crippen LogP contribution in [0.4, 0.5) is 0 Å². The molecule has 2 aliphatic rings. The Labute approximate surface area is 113 Å². The van der Waals surface area contributed by atoms with Gasteiger partial charge in [0.2, 0.25) is 11.8 Å². The van der Waals surface area contributed by atoms with E-state index in [-0.39, 0.29) is 6.10 Å². The number of piperidine rings is 1. The number of pyridine rings is 1. The Bertz CT molecular complexity index is 435. The van der Waals surface area contributed by atoms with Crippen molar-refractivity contribution in [2.75, 3.05) is 0 Å². The molecule has 0 saturated carbocycles. The number of carbonyl (C=O) groups excluding carboxylic acids is 1. The van der Waals surface area contributed by atoms with Crippen LogP contribution in [0.15, 0.2) is 24.4 Å². The predicted octanol–water partition coefficient (Wildman–Crippen LogP) is 2.39. The standard InChI is InChI=1S/C15H20N2O2/c1-2-15(18)17-11-6-7-12(17)10-13(9-11)19-14-5-3-4-8-16-14/h3-5,8,11-13H,2,6-7,9-10H2,1H3. The van der Waals surface area contributed by atoms with Gasteiger partial charge in [0.1, 0.15) is 6.10 Å². The van der Waals surface area contributed by atoms with Crippen molar-refractivity contribution in [3.8, 4) is 5.88 Å². The molecule has 3 rings (SSSR count). The number of carbonyl (C=O) groups is 1. The van der Waals surface area contributed by atoms with E-state index in [1.165, 1.54) is 0 Å². The predicted molar refractivity (Wildman–Crippen MR) is 71.8 cm³/mol. The summed E-state index contributed by atoms with van der Waals surface area (Å²) in [6.45, 7) is 1.94. The van der Waals surface area contributed by atoms with Gasteiger partial charge in [-0.25, -0.2) is 4.98 Å². The van der Waals surface area contributed by atoms with Crippen molar-refractivity contribution in [1.82, 2.24) is 9.88 Å². The molecule has 4 nitrogen and oxygen atoms in total. The van der Waals surface area contributed by atoms with Gasteiger partial charge in [-0.15, -0.1) is 0 Å². The molecule has 1 aromatic heterocycles. The molecule has 0 N–H and O–H groups in total. The van der Waals surface area contributed by atoms with Crippen molar-refractivity contribution in [3.63, 3.8) is 0 Å². The van der Waals surface area contributed by atoms with Crippen LogP contribution in [0.5, 0.6) is 5.88 Å². The van der Waals surface area contributed by atoms with Gasteiger partial charge in [-0.1, -0.05) is 13.0 Å². The van der Waals surface area contributed by atoms with Gasteiger partial charge in [0.15, 0.2) is 0 Å². The second-order valence-electron chi connectivity index (χ2n) is 5.42. The van der Waals surface area contributed by atoms with Gasteiger partial charge < -0.3 is 9.64 Å². The third-order valence-electron chi connectivity index (χ3n) is 4.21. The van der Waals surface area contributed by atoms with Crippen molar-refractivity contribution in [2.45, 2.75) is 57.2 Å². The van der Waals surface area contributed by atoms with E-state index in [1.54, 1.807) is 6.20 Å². The number of hydrogen-bond donors (Lipinski definition) is 0. The number of hydrogen-bond acceptors (Lipinski definition) is 3. The number of amides is 1. The molecule has 3 heterocycles. The molecule has 102 valence electrons. The summed E-state index contributed by atoms with van der Waals surface area (Å²) < 4.78 is 5.95. The summed E-state index contributed by atoms with van der Waals surface area (Å²) in [6.07, 6.45) is 6.70. The first-order chi connectivity index (χ1) is 9.28. The Morgan fingerprint density at radius 1 is 1.37 bits per heavy atom. The molecule has 2 aliphatic heterocycles. The maximum atomic E-state index is 12.0. The highest BCUT2D eigenvalue weighted by Crippen LogP contribution is 2.37. The van der Waals surface area contributed by atoms with Crippen molar-refractivity contribution < 1.29 is 9.53 Å². The SMILES string of the molecule is CCC(=O)N1C2CCC1CC(Oc1ccccn1)C2. The van der Waals surface area contributed by atoms with E-state index in [2.05, 4.69) is 9.88 Å².